The fraction of sp³-hybridized carbons (Fsp3) is 0.857. The number of carboxylic acids is 1. The molecule has 0 aromatic carbocycles. The van der Waals surface area contributed by atoms with Gasteiger partial charge in [-0.05, 0) is 31.6 Å². The molecule has 2 aliphatic heterocycles. The minimum absolute atomic E-state index is 0.0155. The van der Waals surface area contributed by atoms with Crippen molar-refractivity contribution in [3.8, 4) is 0 Å². The second-order valence-electron chi connectivity index (χ2n) is 5.80. The number of rotatable bonds is 2. The van der Waals surface area contributed by atoms with Crippen molar-refractivity contribution in [3.05, 3.63) is 0 Å². The van der Waals surface area contributed by atoms with E-state index < -0.39 is 12.0 Å². The first-order valence-corrected chi connectivity index (χ1v) is 7.35. The summed E-state index contributed by atoms with van der Waals surface area (Å²) in [5.74, 6) is -0.876. The fourth-order valence-electron chi connectivity index (χ4n) is 3.24. The lowest BCUT2D eigenvalue weighted by Gasteiger charge is -2.41. The lowest BCUT2D eigenvalue weighted by atomic mass is 9.91. The Morgan fingerprint density at radius 1 is 1.15 bits per heavy atom. The van der Waals surface area contributed by atoms with E-state index in [1.165, 1.54) is 0 Å². The van der Waals surface area contributed by atoms with Gasteiger partial charge < -0.3 is 19.6 Å². The van der Waals surface area contributed by atoms with Gasteiger partial charge in [0.1, 0.15) is 6.04 Å². The molecule has 2 saturated heterocycles. The minimum atomic E-state index is -0.891. The van der Waals surface area contributed by atoms with E-state index >= 15 is 0 Å². The van der Waals surface area contributed by atoms with E-state index in [4.69, 9.17) is 4.74 Å². The maximum Gasteiger partial charge on any atom is 0.326 e. The molecule has 6 heteroatoms. The highest BCUT2D eigenvalue weighted by Gasteiger charge is 2.39. The quantitative estimate of drug-likeness (QED) is 0.832. The van der Waals surface area contributed by atoms with Crippen LogP contribution in [0.5, 0.6) is 0 Å². The fourth-order valence-corrected chi connectivity index (χ4v) is 3.24. The Hall–Kier alpha value is -1.30. The van der Waals surface area contributed by atoms with Crippen LogP contribution in [0, 0.1) is 5.92 Å². The number of hydrogen-bond donors (Lipinski definition) is 1. The van der Waals surface area contributed by atoms with Gasteiger partial charge in [-0.2, -0.15) is 0 Å². The van der Waals surface area contributed by atoms with Gasteiger partial charge in [-0.3, -0.25) is 0 Å². The van der Waals surface area contributed by atoms with E-state index in [9.17, 15) is 14.7 Å². The Morgan fingerprint density at radius 3 is 2.35 bits per heavy atom. The average Bonchev–Trinajstić information content (AvgIpc) is 2.46. The maximum atomic E-state index is 12.6. The average molecular weight is 284 g/mol. The topological polar surface area (TPSA) is 70.1 Å². The predicted octanol–water partition coefficient (Wildman–Crippen LogP) is 1.40. The van der Waals surface area contributed by atoms with Gasteiger partial charge in [-0.15, -0.1) is 0 Å². The van der Waals surface area contributed by atoms with Crippen LogP contribution in [0.3, 0.4) is 0 Å². The molecule has 1 N–H and O–H groups in total. The van der Waals surface area contributed by atoms with E-state index in [1.54, 1.807) is 16.9 Å². The van der Waals surface area contributed by atoms with Crippen molar-refractivity contribution in [1.82, 2.24) is 9.80 Å². The molecule has 0 aromatic rings. The molecule has 0 radical (unpaired) electrons. The molecule has 0 aromatic heterocycles. The third-order valence-electron chi connectivity index (χ3n) is 4.48. The van der Waals surface area contributed by atoms with Crippen molar-refractivity contribution in [2.45, 2.75) is 44.8 Å². The lowest BCUT2D eigenvalue weighted by Crippen LogP contribution is -2.57. The number of amides is 2. The molecule has 2 aliphatic rings. The molecule has 0 spiro atoms. The third kappa shape index (κ3) is 3.06. The monoisotopic (exact) mass is 284 g/mol. The Kier molecular flexibility index (Phi) is 4.86. The Labute approximate surface area is 119 Å². The first-order chi connectivity index (χ1) is 9.54. The van der Waals surface area contributed by atoms with Crippen LogP contribution in [0.25, 0.3) is 0 Å². The van der Waals surface area contributed by atoms with Crippen LogP contribution in [-0.4, -0.2) is 65.8 Å². The third-order valence-corrected chi connectivity index (χ3v) is 4.48. The molecule has 2 amide bonds. The predicted molar refractivity (Wildman–Crippen MR) is 73.5 cm³/mol. The van der Waals surface area contributed by atoms with Gasteiger partial charge in [-0.25, -0.2) is 9.59 Å². The van der Waals surface area contributed by atoms with Gasteiger partial charge in [0.25, 0.3) is 0 Å². The number of nitrogens with zero attached hydrogens (tertiary/aromatic N) is 2. The summed E-state index contributed by atoms with van der Waals surface area (Å²) in [6.45, 7) is 3.75. The van der Waals surface area contributed by atoms with Crippen LogP contribution >= 0.6 is 0 Å². The maximum absolute atomic E-state index is 12.6. The molecule has 2 rings (SSSR count). The van der Waals surface area contributed by atoms with Crippen molar-refractivity contribution in [3.63, 3.8) is 0 Å². The highest BCUT2D eigenvalue weighted by molar-refractivity contribution is 5.83. The van der Waals surface area contributed by atoms with Crippen LogP contribution in [0.2, 0.25) is 0 Å². The van der Waals surface area contributed by atoms with E-state index in [-0.39, 0.29) is 18.1 Å². The molecule has 0 aliphatic carbocycles. The number of piperidine rings is 2. The van der Waals surface area contributed by atoms with Crippen LogP contribution in [-0.2, 0) is 9.53 Å². The molecular weight excluding hydrogens is 260 g/mol. The van der Waals surface area contributed by atoms with Gasteiger partial charge in [0, 0.05) is 26.7 Å². The van der Waals surface area contributed by atoms with Gasteiger partial charge in [0.2, 0.25) is 0 Å². The standard InChI is InChI=1S/C14H24N2O4/c1-10-4-3-7-16(12(10)13(17)18)14(19)15-8-5-11(20-2)6-9-15/h10-12H,3-9H2,1-2H3,(H,17,18). The molecular formula is C14H24N2O4. The largest absolute Gasteiger partial charge is 0.480 e. The van der Waals surface area contributed by atoms with Crippen molar-refractivity contribution in [2.24, 2.45) is 5.92 Å². The molecule has 6 nitrogen and oxygen atoms in total. The first kappa shape index (κ1) is 15.1. The van der Waals surface area contributed by atoms with Crippen molar-refractivity contribution in [2.75, 3.05) is 26.7 Å². The summed E-state index contributed by atoms with van der Waals surface area (Å²) < 4.78 is 5.30. The molecule has 114 valence electrons. The molecule has 2 atom stereocenters. The minimum Gasteiger partial charge on any atom is -0.480 e. The van der Waals surface area contributed by atoms with E-state index in [2.05, 4.69) is 0 Å². The summed E-state index contributed by atoms with van der Waals surface area (Å²) in [7, 11) is 1.69. The first-order valence-electron chi connectivity index (χ1n) is 7.35. The molecule has 0 bridgehead atoms. The van der Waals surface area contributed by atoms with Gasteiger partial charge in [0.15, 0.2) is 0 Å². The van der Waals surface area contributed by atoms with E-state index in [0.717, 1.165) is 25.7 Å². The Morgan fingerprint density at radius 2 is 1.80 bits per heavy atom. The summed E-state index contributed by atoms with van der Waals surface area (Å²) in [5, 5.41) is 9.37. The summed E-state index contributed by atoms with van der Waals surface area (Å²) >= 11 is 0. The summed E-state index contributed by atoms with van der Waals surface area (Å²) in [6.07, 6.45) is 3.61. The smallest absolute Gasteiger partial charge is 0.326 e. The summed E-state index contributed by atoms with van der Waals surface area (Å²) in [6, 6.07) is -0.810. The number of hydrogen-bond acceptors (Lipinski definition) is 3. The van der Waals surface area contributed by atoms with Gasteiger partial charge >= 0.3 is 12.0 Å². The normalized spacial score (nSPS) is 28.5. The van der Waals surface area contributed by atoms with Crippen LogP contribution < -0.4 is 0 Å². The Balaban J connectivity index is 2.01. The SMILES string of the molecule is COC1CCN(C(=O)N2CCCC(C)C2C(=O)O)CC1. The highest BCUT2D eigenvalue weighted by Crippen LogP contribution is 2.25. The lowest BCUT2D eigenvalue weighted by molar-refractivity contribution is -0.145. The van der Waals surface area contributed by atoms with E-state index in [1.807, 2.05) is 6.92 Å². The molecule has 2 fully saturated rings. The second kappa shape index (κ2) is 6.43. The van der Waals surface area contributed by atoms with Crippen LogP contribution in [0.4, 0.5) is 4.79 Å². The number of urea groups is 1. The number of methoxy groups -OCH3 is 1. The van der Waals surface area contributed by atoms with Gasteiger partial charge in [0.05, 0.1) is 6.10 Å². The van der Waals surface area contributed by atoms with Crippen molar-refractivity contribution >= 4 is 12.0 Å². The number of likely N-dealkylation sites (tertiary alicyclic amines) is 2. The highest BCUT2D eigenvalue weighted by atomic mass is 16.5. The number of carbonyl (C=O) groups excluding carboxylic acids is 1. The molecule has 2 heterocycles. The number of ether oxygens (including phenoxy) is 1. The summed E-state index contributed by atoms with van der Waals surface area (Å²) in [4.78, 5) is 27.3. The number of carboxylic acid groups (broad SMARTS) is 1. The second-order valence-corrected chi connectivity index (χ2v) is 5.80. The van der Waals surface area contributed by atoms with E-state index in [0.29, 0.717) is 19.6 Å². The number of aliphatic carboxylic acids is 1. The van der Waals surface area contributed by atoms with Crippen LogP contribution in [0.1, 0.15) is 32.6 Å². The van der Waals surface area contributed by atoms with Crippen LogP contribution in [0.15, 0.2) is 0 Å². The zero-order chi connectivity index (χ0) is 14.7. The zero-order valence-electron chi connectivity index (χ0n) is 12.2. The number of carbonyl (C=O) groups is 2. The Bertz CT molecular complexity index is 366. The molecule has 2 unspecified atom stereocenters. The van der Waals surface area contributed by atoms with Crippen molar-refractivity contribution in [1.29, 1.82) is 0 Å². The van der Waals surface area contributed by atoms with Crippen molar-refractivity contribution < 1.29 is 19.4 Å². The summed E-state index contributed by atoms with van der Waals surface area (Å²) in [5.41, 5.74) is 0. The molecule has 20 heavy (non-hydrogen) atoms. The van der Waals surface area contributed by atoms with Gasteiger partial charge in [-0.1, -0.05) is 6.92 Å². The zero-order valence-corrected chi connectivity index (χ0v) is 12.2. The molecule has 0 saturated carbocycles.